The standard InChI is InChI=1S/C9H8O3.C2N2/c10-8(9(11)12)6-7-4-2-1-3-5-7;3-1-2-4/h1-6,10H,(H,11,12);. The fraction of sp³-hybridized carbons (Fsp3) is 0. The normalized spacial score (nSPS) is 9.00. The Balaban J connectivity index is 0.000000487. The van der Waals surface area contributed by atoms with Crippen LogP contribution in [0.5, 0.6) is 0 Å². The zero-order chi connectivity index (χ0) is 12.4. The summed E-state index contributed by atoms with van der Waals surface area (Å²) in [7, 11) is 0. The van der Waals surface area contributed by atoms with Gasteiger partial charge in [0.05, 0.1) is 0 Å². The van der Waals surface area contributed by atoms with Crippen molar-refractivity contribution >= 4 is 12.0 Å². The van der Waals surface area contributed by atoms with Gasteiger partial charge in [0.15, 0.2) is 12.1 Å². The van der Waals surface area contributed by atoms with E-state index in [0.29, 0.717) is 5.56 Å². The molecule has 0 fully saturated rings. The maximum Gasteiger partial charge on any atom is 0.370 e. The van der Waals surface area contributed by atoms with Gasteiger partial charge >= 0.3 is 5.97 Å². The van der Waals surface area contributed by atoms with Crippen LogP contribution in [-0.4, -0.2) is 16.2 Å². The van der Waals surface area contributed by atoms with E-state index in [1.807, 2.05) is 6.07 Å². The summed E-state index contributed by atoms with van der Waals surface area (Å²) < 4.78 is 0. The number of carboxylic acid groups (broad SMARTS) is 1. The minimum atomic E-state index is -1.32. The molecule has 0 aliphatic carbocycles. The molecular weight excluding hydrogens is 208 g/mol. The summed E-state index contributed by atoms with van der Waals surface area (Å²) >= 11 is 0. The molecule has 5 nitrogen and oxygen atoms in total. The number of rotatable bonds is 2. The van der Waals surface area contributed by atoms with Gasteiger partial charge in [-0.1, -0.05) is 30.3 Å². The Hall–Kier alpha value is -2.79. The van der Waals surface area contributed by atoms with E-state index in [1.165, 1.54) is 18.2 Å². The monoisotopic (exact) mass is 216 g/mol. The molecule has 0 aliphatic heterocycles. The van der Waals surface area contributed by atoms with E-state index < -0.39 is 11.7 Å². The lowest BCUT2D eigenvalue weighted by Crippen LogP contribution is -1.98. The second kappa shape index (κ2) is 7.60. The van der Waals surface area contributed by atoms with E-state index in [2.05, 4.69) is 0 Å². The second-order valence-electron chi connectivity index (χ2n) is 2.47. The number of carboxylic acids is 1. The van der Waals surface area contributed by atoms with Gasteiger partial charge in [0.2, 0.25) is 5.76 Å². The predicted octanol–water partition coefficient (Wildman–Crippen LogP) is 1.70. The van der Waals surface area contributed by atoms with Crippen LogP contribution in [0.15, 0.2) is 36.1 Å². The van der Waals surface area contributed by atoms with Crippen LogP contribution in [-0.2, 0) is 4.79 Å². The summed E-state index contributed by atoms with van der Waals surface area (Å²) in [5.74, 6) is -1.97. The largest absolute Gasteiger partial charge is 0.502 e. The second-order valence-corrected chi connectivity index (χ2v) is 2.47. The number of hydrogen-bond acceptors (Lipinski definition) is 4. The van der Waals surface area contributed by atoms with Crippen LogP contribution in [0.2, 0.25) is 0 Å². The van der Waals surface area contributed by atoms with Crippen molar-refractivity contribution in [3.05, 3.63) is 41.7 Å². The first-order valence-electron chi connectivity index (χ1n) is 4.09. The van der Waals surface area contributed by atoms with Gasteiger partial charge in [0.1, 0.15) is 0 Å². The van der Waals surface area contributed by atoms with Gasteiger partial charge in [-0.05, 0) is 11.6 Å². The van der Waals surface area contributed by atoms with E-state index in [0.717, 1.165) is 0 Å². The van der Waals surface area contributed by atoms with Crippen molar-refractivity contribution in [2.45, 2.75) is 0 Å². The molecule has 16 heavy (non-hydrogen) atoms. The highest BCUT2D eigenvalue weighted by Gasteiger charge is 2.01. The van der Waals surface area contributed by atoms with Crippen LogP contribution in [0.4, 0.5) is 0 Å². The van der Waals surface area contributed by atoms with Crippen molar-refractivity contribution in [3.8, 4) is 12.1 Å². The van der Waals surface area contributed by atoms with Gasteiger partial charge in [0.25, 0.3) is 0 Å². The number of nitriles is 2. The van der Waals surface area contributed by atoms with Gasteiger partial charge < -0.3 is 10.2 Å². The smallest absolute Gasteiger partial charge is 0.370 e. The summed E-state index contributed by atoms with van der Waals surface area (Å²) in [6, 6.07) is 11.2. The molecule has 1 aromatic carbocycles. The predicted molar refractivity (Wildman–Crippen MR) is 55.9 cm³/mol. The number of aliphatic hydroxyl groups is 1. The molecule has 0 atom stereocenters. The maximum absolute atomic E-state index is 10.2. The fourth-order valence-corrected chi connectivity index (χ4v) is 0.769. The number of hydrogen-bond donors (Lipinski definition) is 2. The molecule has 1 rings (SSSR count). The maximum atomic E-state index is 10.2. The van der Waals surface area contributed by atoms with Gasteiger partial charge in [-0.3, -0.25) is 0 Å². The summed E-state index contributed by atoms with van der Waals surface area (Å²) in [6.07, 6.45) is 1.20. The molecule has 0 amide bonds. The third-order valence-corrected chi connectivity index (χ3v) is 1.37. The Bertz CT molecular complexity index is 440. The van der Waals surface area contributed by atoms with Crippen molar-refractivity contribution in [3.63, 3.8) is 0 Å². The van der Waals surface area contributed by atoms with E-state index in [1.54, 1.807) is 24.3 Å². The van der Waals surface area contributed by atoms with Crippen LogP contribution in [0.1, 0.15) is 5.56 Å². The Morgan fingerprint density at radius 1 is 1.12 bits per heavy atom. The first-order chi connectivity index (χ1) is 7.61. The highest BCUT2D eigenvalue weighted by molar-refractivity contribution is 5.89. The van der Waals surface area contributed by atoms with Gasteiger partial charge in [0, 0.05) is 0 Å². The molecule has 0 saturated heterocycles. The lowest BCUT2D eigenvalue weighted by molar-refractivity contribution is -0.135. The number of aliphatic hydroxyl groups excluding tert-OH is 1. The highest BCUT2D eigenvalue weighted by atomic mass is 16.4. The van der Waals surface area contributed by atoms with Crippen molar-refractivity contribution in [2.24, 2.45) is 0 Å². The minimum Gasteiger partial charge on any atom is -0.502 e. The average molecular weight is 216 g/mol. The van der Waals surface area contributed by atoms with Crippen molar-refractivity contribution < 1.29 is 15.0 Å². The quantitative estimate of drug-likeness (QED) is 0.578. The molecule has 0 radical (unpaired) electrons. The molecule has 0 unspecified atom stereocenters. The van der Waals surface area contributed by atoms with Gasteiger partial charge in [-0.15, -0.1) is 0 Å². The Labute approximate surface area is 92.1 Å². The number of benzene rings is 1. The van der Waals surface area contributed by atoms with Crippen molar-refractivity contribution in [2.75, 3.05) is 0 Å². The lowest BCUT2D eigenvalue weighted by Gasteiger charge is -1.92. The lowest BCUT2D eigenvalue weighted by atomic mass is 10.2. The molecule has 5 heteroatoms. The average Bonchev–Trinajstić information content (AvgIpc) is 2.30. The Morgan fingerprint density at radius 3 is 2.00 bits per heavy atom. The zero-order valence-corrected chi connectivity index (χ0v) is 8.16. The SMILES string of the molecule is N#CC#N.O=C(O)C(O)=Cc1ccccc1. The molecule has 0 spiro atoms. The fourth-order valence-electron chi connectivity index (χ4n) is 0.769. The number of aliphatic carboxylic acids is 1. The number of nitrogens with zero attached hydrogens (tertiary/aromatic N) is 2. The third-order valence-electron chi connectivity index (χ3n) is 1.37. The van der Waals surface area contributed by atoms with Crippen molar-refractivity contribution in [1.82, 2.24) is 0 Å². The number of carbonyl (C=O) groups is 1. The van der Waals surface area contributed by atoms with Crippen LogP contribution in [0.3, 0.4) is 0 Å². The van der Waals surface area contributed by atoms with E-state index in [4.69, 9.17) is 20.7 Å². The van der Waals surface area contributed by atoms with Crippen molar-refractivity contribution in [1.29, 1.82) is 10.5 Å². The molecule has 80 valence electrons. The third kappa shape index (κ3) is 5.79. The summed E-state index contributed by atoms with van der Waals surface area (Å²) in [5, 5.41) is 31.7. The van der Waals surface area contributed by atoms with Crippen LogP contribution in [0.25, 0.3) is 6.08 Å². The molecule has 0 aromatic heterocycles. The molecule has 0 saturated carbocycles. The Morgan fingerprint density at radius 2 is 1.62 bits per heavy atom. The zero-order valence-electron chi connectivity index (χ0n) is 8.16. The molecular formula is C11H8N2O3. The van der Waals surface area contributed by atoms with Crippen LogP contribution < -0.4 is 0 Å². The molecule has 0 heterocycles. The van der Waals surface area contributed by atoms with Gasteiger partial charge in [-0.25, -0.2) is 4.79 Å². The molecule has 0 aliphatic rings. The summed E-state index contributed by atoms with van der Waals surface area (Å²) in [4.78, 5) is 10.2. The summed E-state index contributed by atoms with van der Waals surface area (Å²) in [5.41, 5.74) is 0.664. The molecule has 2 N–H and O–H groups in total. The van der Waals surface area contributed by atoms with Crippen LogP contribution >= 0.6 is 0 Å². The van der Waals surface area contributed by atoms with E-state index in [9.17, 15) is 4.79 Å². The summed E-state index contributed by atoms with van der Waals surface area (Å²) in [6.45, 7) is 0. The minimum absolute atomic E-state index is 0.652. The van der Waals surface area contributed by atoms with Gasteiger partial charge in [-0.2, -0.15) is 10.5 Å². The van der Waals surface area contributed by atoms with E-state index in [-0.39, 0.29) is 0 Å². The Kier molecular flexibility index (Phi) is 6.27. The first kappa shape index (κ1) is 13.2. The van der Waals surface area contributed by atoms with Crippen LogP contribution in [0, 0.1) is 22.7 Å². The van der Waals surface area contributed by atoms with E-state index >= 15 is 0 Å². The highest BCUT2D eigenvalue weighted by Crippen LogP contribution is 2.03. The molecule has 1 aromatic rings. The first-order valence-corrected chi connectivity index (χ1v) is 4.09. The molecule has 0 bridgehead atoms. The topological polar surface area (TPSA) is 105 Å².